The molecule has 3 nitrogen and oxygen atoms in total. The third-order valence-electron chi connectivity index (χ3n) is 2.61. The first-order chi connectivity index (χ1) is 5.69. The largest absolute Gasteiger partial charge is 0.312 e. The molecule has 1 aliphatic heterocycles. The first-order valence-electron chi connectivity index (χ1n) is 4.43. The molecule has 0 atom stereocenters. The average Bonchev–Trinajstić information content (AvgIpc) is 2.11. The monoisotopic (exact) mass is 183 g/mol. The van der Waals surface area contributed by atoms with E-state index in [1.54, 1.807) is 0 Å². The van der Waals surface area contributed by atoms with Crippen LogP contribution in [0.5, 0.6) is 0 Å². The smallest absolute Gasteiger partial charge is 0.157 e. The third kappa shape index (κ3) is 1.42. The van der Waals surface area contributed by atoms with E-state index in [4.69, 9.17) is 0 Å². The molecular weight excluding hydrogens is 166 g/mol. The van der Waals surface area contributed by atoms with Gasteiger partial charge in [0.05, 0.1) is 11.1 Å². The summed E-state index contributed by atoms with van der Waals surface area (Å²) < 4.78 is 0. The van der Waals surface area contributed by atoms with E-state index in [2.05, 4.69) is 0 Å². The van der Waals surface area contributed by atoms with Gasteiger partial charge in [-0.2, -0.15) is 5.06 Å². The molecule has 74 valence electrons. The lowest BCUT2D eigenvalue weighted by atomic mass is 9.94. The molecular formula is C10H17NO2. The molecule has 0 amide bonds. The number of hydrogen-bond acceptors (Lipinski definition) is 3. The van der Waals surface area contributed by atoms with Crippen molar-refractivity contribution >= 4 is 5.78 Å². The predicted octanol–water partition coefficient (Wildman–Crippen LogP) is 1.76. The highest BCUT2D eigenvalue weighted by molar-refractivity contribution is 5.96. The summed E-state index contributed by atoms with van der Waals surface area (Å²) in [7, 11) is 0. The average molecular weight is 183 g/mol. The summed E-state index contributed by atoms with van der Waals surface area (Å²) in [6, 6.07) is 0. The molecule has 3 heteroatoms. The Morgan fingerprint density at radius 1 is 1.38 bits per heavy atom. The number of ketones is 1. The summed E-state index contributed by atoms with van der Waals surface area (Å²) in [6.07, 6.45) is 1.83. The van der Waals surface area contributed by atoms with Crippen LogP contribution in [-0.4, -0.2) is 27.1 Å². The van der Waals surface area contributed by atoms with Crippen LogP contribution in [0.3, 0.4) is 0 Å². The number of hydroxylamine groups is 2. The Kier molecular flexibility index (Phi) is 2.13. The minimum Gasteiger partial charge on any atom is -0.312 e. The van der Waals surface area contributed by atoms with Gasteiger partial charge in [0, 0.05) is 5.57 Å². The first kappa shape index (κ1) is 10.4. The molecule has 13 heavy (non-hydrogen) atoms. The SMILES string of the molecule is CC(=O)C1=CC(C)(C)N(O)C1(C)C. The van der Waals surface area contributed by atoms with Crippen LogP contribution >= 0.6 is 0 Å². The van der Waals surface area contributed by atoms with Crippen molar-refractivity contribution in [3.63, 3.8) is 0 Å². The molecule has 0 saturated carbocycles. The molecule has 1 rings (SSSR count). The summed E-state index contributed by atoms with van der Waals surface area (Å²) in [5, 5.41) is 11.1. The van der Waals surface area contributed by atoms with E-state index >= 15 is 0 Å². The molecule has 1 N–H and O–H groups in total. The molecule has 0 radical (unpaired) electrons. The molecule has 0 aromatic rings. The van der Waals surface area contributed by atoms with Crippen LogP contribution in [0.4, 0.5) is 0 Å². The maximum absolute atomic E-state index is 11.3. The first-order valence-corrected chi connectivity index (χ1v) is 4.43. The van der Waals surface area contributed by atoms with Gasteiger partial charge in [0.2, 0.25) is 0 Å². The number of rotatable bonds is 1. The number of carbonyl (C=O) groups excluding carboxylic acids is 1. The normalized spacial score (nSPS) is 25.8. The van der Waals surface area contributed by atoms with E-state index in [9.17, 15) is 10.0 Å². The van der Waals surface area contributed by atoms with Crippen LogP contribution in [0.1, 0.15) is 34.6 Å². The van der Waals surface area contributed by atoms with Crippen molar-refractivity contribution in [1.82, 2.24) is 5.06 Å². The van der Waals surface area contributed by atoms with Crippen LogP contribution in [0.2, 0.25) is 0 Å². The van der Waals surface area contributed by atoms with E-state index in [1.807, 2.05) is 33.8 Å². The predicted molar refractivity (Wildman–Crippen MR) is 50.5 cm³/mol. The lowest BCUT2D eigenvalue weighted by Crippen LogP contribution is -2.48. The second-order valence-corrected chi connectivity index (χ2v) is 4.64. The van der Waals surface area contributed by atoms with Gasteiger partial charge in [-0.1, -0.05) is 6.08 Å². The minimum atomic E-state index is -0.574. The van der Waals surface area contributed by atoms with Crippen molar-refractivity contribution in [3.8, 4) is 0 Å². The molecule has 0 saturated heterocycles. The standard InChI is InChI=1S/C10H17NO2/c1-7(12)8-6-9(2,3)11(13)10(8,4)5/h6,13H,1-5H3. The van der Waals surface area contributed by atoms with E-state index < -0.39 is 11.1 Å². The van der Waals surface area contributed by atoms with Crippen molar-refractivity contribution in [2.45, 2.75) is 45.7 Å². The molecule has 0 unspecified atom stereocenters. The topological polar surface area (TPSA) is 40.5 Å². The Morgan fingerprint density at radius 2 is 1.85 bits per heavy atom. The number of nitrogens with zero attached hydrogens (tertiary/aromatic N) is 1. The Labute approximate surface area is 79.0 Å². The summed E-state index contributed by atoms with van der Waals surface area (Å²) in [5.41, 5.74) is -0.347. The van der Waals surface area contributed by atoms with Gasteiger partial charge < -0.3 is 5.21 Å². The van der Waals surface area contributed by atoms with Crippen molar-refractivity contribution in [1.29, 1.82) is 0 Å². The molecule has 0 spiro atoms. The lowest BCUT2D eigenvalue weighted by Gasteiger charge is -2.35. The second-order valence-electron chi connectivity index (χ2n) is 4.64. The summed E-state index contributed by atoms with van der Waals surface area (Å²) in [5.74, 6) is 0.0228. The van der Waals surface area contributed by atoms with E-state index in [0.717, 1.165) is 0 Å². The zero-order valence-corrected chi connectivity index (χ0v) is 8.88. The van der Waals surface area contributed by atoms with Crippen LogP contribution < -0.4 is 0 Å². The van der Waals surface area contributed by atoms with Gasteiger partial charge >= 0.3 is 0 Å². The quantitative estimate of drug-likeness (QED) is 0.673. The maximum Gasteiger partial charge on any atom is 0.157 e. The van der Waals surface area contributed by atoms with E-state index in [-0.39, 0.29) is 5.78 Å². The van der Waals surface area contributed by atoms with Crippen LogP contribution in [0.25, 0.3) is 0 Å². The summed E-state index contributed by atoms with van der Waals surface area (Å²) in [6.45, 7) is 8.97. The van der Waals surface area contributed by atoms with Gasteiger partial charge in [-0.15, -0.1) is 0 Å². The second kappa shape index (κ2) is 2.66. The fourth-order valence-electron chi connectivity index (χ4n) is 1.96. The maximum atomic E-state index is 11.3. The minimum absolute atomic E-state index is 0.0228. The van der Waals surface area contributed by atoms with Gasteiger partial charge in [-0.05, 0) is 34.6 Å². The van der Waals surface area contributed by atoms with E-state index in [0.29, 0.717) is 5.57 Å². The molecule has 0 aliphatic carbocycles. The highest BCUT2D eigenvalue weighted by Gasteiger charge is 2.46. The van der Waals surface area contributed by atoms with Crippen molar-refractivity contribution < 1.29 is 10.0 Å². The van der Waals surface area contributed by atoms with Gasteiger partial charge in [0.1, 0.15) is 0 Å². The van der Waals surface area contributed by atoms with Crippen LogP contribution in [-0.2, 0) is 4.79 Å². The molecule has 0 fully saturated rings. The third-order valence-corrected chi connectivity index (χ3v) is 2.61. The zero-order valence-electron chi connectivity index (χ0n) is 8.88. The van der Waals surface area contributed by atoms with Crippen LogP contribution in [0, 0.1) is 0 Å². The fraction of sp³-hybridized carbons (Fsp3) is 0.700. The Bertz CT molecular complexity index is 277. The Hall–Kier alpha value is -0.670. The van der Waals surface area contributed by atoms with Crippen molar-refractivity contribution in [3.05, 3.63) is 11.6 Å². The molecule has 0 bridgehead atoms. The molecule has 0 aromatic heterocycles. The summed E-state index contributed by atoms with van der Waals surface area (Å²) in [4.78, 5) is 11.3. The van der Waals surface area contributed by atoms with Crippen molar-refractivity contribution in [2.24, 2.45) is 0 Å². The lowest BCUT2D eigenvalue weighted by molar-refractivity contribution is -0.185. The van der Waals surface area contributed by atoms with Gasteiger partial charge in [-0.3, -0.25) is 4.79 Å². The molecule has 1 heterocycles. The molecule has 0 aromatic carbocycles. The zero-order chi connectivity index (χ0) is 10.4. The number of hydrogen-bond donors (Lipinski definition) is 1. The van der Waals surface area contributed by atoms with Crippen molar-refractivity contribution in [2.75, 3.05) is 0 Å². The Morgan fingerprint density at radius 3 is 2.00 bits per heavy atom. The van der Waals surface area contributed by atoms with Gasteiger partial charge in [0.15, 0.2) is 5.78 Å². The van der Waals surface area contributed by atoms with E-state index in [1.165, 1.54) is 12.0 Å². The highest BCUT2D eigenvalue weighted by atomic mass is 16.5. The highest BCUT2D eigenvalue weighted by Crippen LogP contribution is 2.38. The summed E-state index contributed by atoms with van der Waals surface area (Å²) >= 11 is 0. The number of Topliss-reactive ketones (excluding diaryl/α,β-unsaturated/α-hetero) is 1. The van der Waals surface area contributed by atoms with Gasteiger partial charge in [-0.25, -0.2) is 0 Å². The number of carbonyl (C=O) groups is 1. The van der Waals surface area contributed by atoms with Crippen LogP contribution in [0.15, 0.2) is 11.6 Å². The Balaban J connectivity index is 3.17. The molecule has 1 aliphatic rings. The van der Waals surface area contributed by atoms with Gasteiger partial charge in [0.25, 0.3) is 0 Å². The fourth-order valence-corrected chi connectivity index (χ4v) is 1.96.